The van der Waals surface area contributed by atoms with Gasteiger partial charge in [0.25, 0.3) is 0 Å². The average Bonchev–Trinajstić information content (AvgIpc) is 2.92. The van der Waals surface area contributed by atoms with Gasteiger partial charge in [-0.3, -0.25) is 4.79 Å². The van der Waals surface area contributed by atoms with Crippen molar-refractivity contribution in [2.24, 2.45) is 5.73 Å². The van der Waals surface area contributed by atoms with E-state index in [0.717, 1.165) is 16.3 Å². The number of carbonyl (C=O) groups excluding carboxylic acids is 2. The number of benzene rings is 1. The molecule has 3 amide bonds. The highest BCUT2D eigenvalue weighted by atomic mass is 32.1. The Bertz CT molecular complexity index is 657. The van der Waals surface area contributed by atoms with Crippen LogP contribution in [0.2, 0.25) is 0 Å². The van der Waals surface area contributed by atoms with Gasteiger partial charge in [-0.15, -0.1) is 11.3 Å². The highest BCUT2D eigenvalue weighted by molar-refractivity contribution is 7.09. The molecule has 0 aliphatic heterocycles. The summed E-state index contributed by atoms with van der Waals surface area (Å²) in [6.45, 7) is 2.47. The lowest BCUT2D eigenvalue weighted by Gasteiger charge is -2.17. The Morgan fingerprint density at radius 3 is 2.65 bits per heavy atom. The van der Waals surface area contributed by atoms with E-state index < -0.39 is 12.1 Å². The number of aromatic nitrogens is 1. The van der Waals surface area contributed by atoms with Crippen LogP contribution in [0.15, 0.2) is 35.7 Å². The molecule has 2 aromatic rings. The van der Waals surface area contributed by atoms with Crippen molar-refractivity contribution in [3.05, 3.63) is 52.0 Å². The van der Waals surface area contributed by atoms with E-state index in [0.29, 0.717) is 13.0 Å². The third-order valence-electron chi connectivity index (χ3n) is 3.28. The Hall–Kier alpha value is -2.41. The maximum atomic E-state index is 12.1. The van der Waals surface area contributed by atoms with Crippen molar-refractivity contribution in [3.8, 4) is 0 Å². The quantitative estimate of drug-likeness (QED) is 0.722. The molecule has 0 radical (unpaired) electrons. The van der Waals surface area contributed by atoms with Gasteiger partial charge in [0.05, 0.1) is 23.2 Å². The monoisotopic (exact) mass is 332 g/mol. The Balaban J connectivity index is 1.86. The number of primary amides is 1. The van der Waals surface area contributed by atoms with E-state index >= 15 is 0 Å². The summed E-state index contributed by atoms with van der Waals surface area (Å²) >= 11 is 1.59. The Morgan fingerprint density at radius 1 is 1.30 bits per heavy atom. The van der Waals surface area contributed by atoms with Gasteiger partial charge in [-0.2, -0.15) is 0 Å². The third kappa shape index (κ3) is 5.71. The lowest BCUT2D eigenvalue weighted by atomic mass is 10.0. The molecule has 1 aromatic carbocycles. The van der Waals surface area contributed by atoms with Gasteiger partial charge in [0.15, 0.2) is 0 Å². The molecule has 7 heteroatoms. The molecule has 0 saturated carbocycles. The van der Waals surface area contributed by atoms with E-state index in [9.17, 15) is 9.59 Å². The van der Waals surface area contributed by atoms with Gasteiger partial charge in [0.1, 0.15) is 0 Å². The fourth-order valence-corrected chi connectivity index (χ4v) is 2.87. The van der Waals surface area contributed by atoms with Gasteiger partial charge < -0.3 is 16.4 Å². The molecule has 6 nitrogen and oxygen atoms in total. The zero-order valence-corrected chi connectivity index (χ0v) is 13.7. The summed E-state index contributed by atoms with van der Waals surface area (Å²) in [5.74, 6) is -0.139. The average molecular weight is 332 g/mol. The summed E-state index contributed by atoms with van der Waals surface area (Å²) in [4.78, 5) is 27.6. The first-order valence-corrected chi connectivity index (χ1v) is 8.21. The van der Waals surface area contributed by atoms with Crippen LogP contribution in [-0.2, 0) is 11.2 Å². The van der Waals surface area contributed by atoms with E-state index in [-0.39, 0.29) is 12.3 Å². The molecule has 122 valence electrons. The first-order valence-electron chi connectivity index (χ1n) is 7.33. The number of urea groups is 1. The van der Waals surface area contributed by atoms with Crippen molar-refractivity contribution in [1.29, 1.82) is 0 Å². The third-order valence-corrected chi connectivity index (χ3v) is 4.10. The highest BCUT2D eigenvalue weighted by Crippen LogP contribution is 2.16. The van der Waals surface area contributed by atoms with E-state index in [4.69, 9.17) is 5.73 Å². The number of hydrogen-bond donors (Lipinski definition) is 3. The summed E-state index contributed by atoms with van der Waals surface area (Å²) in [5.41, 5.74) is 7.01. The van der Waals surface area contributed by atoms with Crippen molar-refractivity contribution in [3.63, 3.8) is 0 Å². The number of carbonyl (C=O) groups is 2. The summed E-state index contributed by atoms with van der Waals surface area (Å²) in [7, 11) is 0. The number of thiazole rings is 1. The standard InChI is InChI=1S/C16H20N4O2S/c1-11-19-13(10-23-11)7-8-18-15(21)9-14(20-16(17)22)12-5-3-2-4-6-12/h2-6,10,14H,7-9H2,1H3,(H,18,21)(H3,17,20,22). The fraction of sp³-hybridized carbons (Fsp3) is 0.312. The number of nitrogens with one attached hydrogen (secondary N) is 2. The molecule has 0 aliphatic carbocycles. The second kappa shape index (κ2) is 8.28. The largest absolute Gasteiger partial charge is 0.356 e. The van der Waals surface area contributed by atoms with Crippen molar-refractivity contribution in [2.45, 2.75) is 25.8 Å². The summed E-state index contributed by atoms with van der Waals surface area (Å²) in [6, 6.07) is 8.21. The van der Waals surface area contributed by atoms with E-state index in [1.165, 1.54) is 0 Å². The van der Waals surface area contributed by atoms with E-state index in [2.05, 4.69) is 15.6 Å². The number of hydrogen-bond acceptors (Lipinski definition) is 4. The molecule has 2 rings (SSSR count). The molecular weight excluding hydrogens is 312 g/mol. The van der Waals surface area contributed by atoms with Crippen LogP contribution >= 0.6 is 11.3 Å². The maximum absolute atomic E-state index is 12.1. The number of amides is 3. The molecule has 1 aromatic heterocycles. The van der Waals surface area contributed by atoms with Crippen LogP contribution in [-0.4, -0.2) is 23.5 Å². The van der Waals surface area contributed by atoms with Gasteiger partial charge >= 0.3 is 6.03 Å². The SMILES string of the molecule is Cc1nc(CCNC(=O)CC(NC(N)=O)c2ccccc2)cs1. The molecule has 0 fully saturated rings. The number of aryl methyl sites for hydroxylation is 1. The minimum atomic E-state index is -0.649. The maximum Gasteiger partial charge on any atom is 0.312 e. The van der Waals surface area contributed by atoms with E-state index in [1.807, 2.05) is 42.6 Å². The number of nitrogens with two attached hydrogens (primary N) is 1. The molecule has 1 atom stereocenters. The second-order valence-electron chi connectivity index (χ2n) is 5.13. The molecule has 0 aliphatic rings. The van der Waals surface area contributed by atoms with Crippen LogP contribution in [0, 0.1) is 6.92 Å². The Kier molecular flexibility index (Phi) is 6.10. The topological polar surface area (TPSA) is 97.1 Å². The second-order valence-corrected chi connectivity index (χ2v) is 6.20. The van der Waals surface area contributed by atoms with Crippen molar-refractivity contribution in [1.82, 2.24) is 15.6 Å². The summed E-state index contributed by atoms with van der Waals surface area (Å²) in [5, 5.41) is 8.46. The van der Waals surface area contributed by atoms with Crippen molar-refractivity contribution >= 4 is 23.3 Å². The molecule has 0 saturated heterocycles. The normalized spacial score (nSPS) is 11.7. The molecular formula is C16H20N4O2S. The van der Waals surface area contributed by atoms with Crippen LogP contribution in [0.25, 0.3) is 0 Å². The Morgan fingerprint density at radius 2 is 2.04 bits per heavy atom. The number of rotatable bonds is 7. The van der Waals surface area contributed by atoms with Crippen LogP contribution in [0.4, 0.5) is 4.79 Å². The fourth-order valence-electron chi connectivity index (χ4n) is 2.22. The molecule has 23 heavy (non-hydrogen) atoms. The minimum Gasteiger partial charge on any atom is -0.356 e. The Labute approximate surface area is 139 Å². The molecule has 1 unspecified atom stereocenters. The molecule has 1 heterocycles. The van der Waals surface area contributed by atoms with Gasteiger partial charge in [0, 0.05) is 18.3 Å². The van der Waals surface area contributed by atoms with E-state index in [1.54, 1.807) is 11.3 Å². The zero-order valence-electron chi connectivity index (χ0n) is 12.9. The smallest absolute Gasteiger partial charge is 0.312 e. The molecule has 4 N–H and O–H groups in total. The highest BCUT2D eigenvalue weighted by Gasteiger charge is 2.17. The lowest BCUT2D eigenvalue weighted by Crippen LogP contribution is -2.37. The van der Waals surface area contributed by atoms with Crippen molar-refractivity contribution < 1.29 is 9.59 Å². The number of nitrogens with zero attached hydrogens (tertiary/aromatic N) is 1. The van der Waals surface area contributed by atoms with Gasteiger partial charge in [0.2, 0.25) is 5.91 Å². The van der Waals surface area contributed by atoms with Crippen LogP contribution in [0.1, 0.15) is 28.7 Å². The van der Waals surface area contributed by atoms with Gasteiger partial charge in [-0.25, -0.2) is 9.78 Å². The summed E-state index contributed by atoms with van der Waals surface area (Å²) < 4.78 is 0. The zero-order chi connectivity index (χ0) is 16.7. The van der Waals surface area contributed by atoms with Crippen LogP contribution in [0.3, 0.4) is 0 Å². The van der Waals surface area contributed by atoms with Crippen LogP contribution in [0.5, 0.6) is 0 Å². The predicted molar refractivity (Wildman–Crippen MR) is 90.1 cm³/mol. The predicted octanol–water partition coefficient (Wildman–Crippen LogP) is 1.91. The summed E-state index contributed by atoms with van der Waals surface area (Å²) in [6.07, 6.45) is 0.832. The molecule has 0 spiro atoms. The lowest BCUT2D eigenvalue weighted by molar-refractivity contribution is -0.121. The van der Waals surface area contributed by atoms with Crippen molar-refractivity contribution in [2.75, 3.05) is 6.54 Å². The first-order chi connectivity index (χ1) is 11.0. The first kappa shape index (κ1) is 17.0. The van der Waals surface area contributed by atoms with Gasteiger partial charge in [-0.05, 0) is 12.5 Å². The van der Waals surface area contributed by atoms with Gasteiger partial charge in [-0.1, -0.05) is 30.3 Å². The molecule has 0 bridgehead atoms. The minimum absolute atomic E-state index is 0.139. The van der Waals surface area contributed by atoms with Crippen LogP contribution < -0.4 is 16.4 Å².